The Morgan fingerprint density at radius 3 is 1.32 bits per heavy atom. The first-order valence-electron chi connectivity index (χ1n) is 25.9. The van der Waals surface area contributed by atoms with Crippen LogP contribution in [-0.4, -0.2) is 46.9 Å². The van der Waals surface area contributed by atoms with E-state index in [2.05, 4.69) is 74.7 Å². The van der Waals surface area contributed by atoms with Crippen LogP contribution in [0.25, 0.3) is 0 Å². The summed E-state index contributed by atoms with van der Waals surface area (Å²) in [6.45, 7) is 6.43. The molecule has 0 aromatic heterocycles. The molecule has 60 heavy (non-hydrogen) atoms. The van der Waals surface area contributed by atoms with Crippen molar-refractivity contribution in [3.63, 3.8) is 0 Å². The second-order valence-electron chi connectivity index (χ2n) is 17.6. The molecule has 0 spiro atoms. The molecule has 1 amide bonds. The molecule has 0 heterocycles. The van der Waals surface area contributed by atoms with E-state index in [1.165, 1.54) is 141 Å². The van der Waals surface area contributed by atoms with E-state index in [0.717, 1.165) is 70.6 Å². The zero-order chi connectivity index (χ0) is 43.8. The van der Waals surface area contributed by atoms with Gasteiger partial charge in [-0.15, -0.1) is 0 Å². The summed E-state index contributed by atoms with van der Waals surface area (Å²) in [5, 5.41) is 23.7. The lowest BCUT2D eigenvalue weighted by Crippen LogP contribution is -2.46. The van der Waals surface area contributed by atoms with Crippen LogP contribution in [0.1, 0.15) is 258 Å². The maximum absolute atomic E-state index is 13.2. The lowest BCUT2D eigenvalue weighted by Gasteiger charge is -2.24. The molecule has 3 N–H and O–H groups in total. The number of hydrogen-bond donors (Lipinski definition) is 3. The van der Waals surface area contributed by atoms with Crippen molar-refractivity contribution in [1.29, 1.82) is 0 Å². The first-order chi connectivity index (χ1) is 29.5. The minimum Gasteiger partial charge on any atom is -0.462 e. The molecule has 350 valence electrons. The quantitative estimate of drug-likeness (QED) is 0.0322. The summed E-state index contributed by atoms with van der Waals surface area (Å²) < 4.78 is 5.91. The Morgan fingerprint density at radius 1 is 0.483 bits per heavy atom. The van der Waals surface area contributed by atoms with E-state index in [4.69, 9.17) is 4.74 Å². The number of unbranched alkanes of at least 4 members (excludes halogenated alkanes) is 26. The smallest absolute Gasteiger partial charge is 0.306 e. The number of carbonyl (C=O) groups is 2. The predicted molar refractivity (Wildman–Crippen MR) is 259 cm³/mol. The summed E-state index contributed by atoms with van der Waals surface area (Å²) in [5.74, 6) is -0.521. The van der Waals surface area contributed by atoms with Gasteiger partial charge in [-0.3, -0.25) is 9.59 Å². The Hall–Kier alpha value is -2.18. The molecule has 3 atom stereocenters. The third kappa shape index (κ3) is 42.5. The van der Waals surface area contributed by atoms with Gasteiger partial charge < -0.3 is 20.3 Å². The monoisotopic (exact) mass is 842 g/mol. The standard InChI is InChI=1S/C54H99NO5/c1-4-7-10-13-16-19-21-23-25-26-28-29-31-34-36-39-42-45-50(48-53(58)55-51(49-56)52(57)46-43-40-37-33-18-15-12-9-6-3)60-54(59)47-44-41-38-35-32-30-27-24-22-20-17-14-11-8-5-2/h16,19,23,25,28-29,34,36,50-52,56-57H,4-15,17-18,20-22,24,26-27,30-33,35,37-49H2,1-3H3,(H,55,58)/b19-16-,25-23-,29-28-,36-34-. The van der Waals surface area contributed by atoms with Crippen molar-refractivity contribution in [1.82, 2.24) is 5.32 Å². The molecule has 0 bridgehead atoms. The number of carbonyl (C=O) groups excluding carboxylic acids is 2. The molecule has 6 heteroatoms. The van der Waals surface area contributed by atoms with Gasteiger partial charge in [-0.25, -0.2) is 0 Å². The van der Waals surface area contributed by atoms with Crippen molar-refractivity contribution in [3.05, 3.63) is 48.6 Å². The molecule has 0 aromatic carbocycles. The summed E-state index contributed by atoms with van der Waals surface area (Å²) in [6, 6.07) is -0.716. The molecule has 6 nitrogen and oxygen atoms in total. The highest BCUT2D eigenvalue weighted by molar-refractivity contribution is 5.77. The maximum Gasteiger partial charge on any atom is 0.306 e. The number of nitrogens with one attached hydrogen (secondary N) is 1. The Morgan fingerprint density at radius 2 is 0.867 bits per heavy atom. The first-order valence-corrected chi connectivity index (χ1v) is 25.9. The van der Waals surface area contributed by atoms with E-state index in [0.29, 0.717) is 19.3 Å². The number of rotatable bonds is 46. The van der Waals surface area contributed by atoms with Gasteiger partial charge in [-0.2, -0.15) is 0 Å². The molecular formula is C54H99NO5. The predicted octanol–water partition coefficient (Wildman–Crippen LogP) is 15.5. The molecule has 3 unspecified atom stereocenters. The molecule has 0 saturated carbocycles. The minimum absolute atomic E-state index is 0.0421. The van der Waals surface area contributed by atoms with Crippen molar-refractivity contribution in [2.24, 2.45) is 0 Å². The molecule has 0 aliphatic carbocycles. The fourth-order valence-corrected chi connectivity index (χ4v) is 7.71. The van der Waals surface area contributed by atoms with Crippen LogP contribution in [0.4, 0.5) is 0 Å². The second kappa shape index (κ2) is 47.9. The number of esters is 1. The molecule has 0 aliphatic rings. The fourth-order valence-electron chi connectivity index (χ4n) is 7.71. The van der Waals surface area contributed by atoms with Gasteiger partial charge in [0.1, 0.15) is 6.10 Å². The van der Waals surface area contributed by atoms with Crippen molar-refractivity contribution < 1.29 is 24.5 Å². The topological polar surface area (TPSA) is 95.9 Å². The molecule has 0 rings (SSSR count). The van der Waals surface area contributed by atoms with Crippen LogP contribution >= 0.6 is 0 Å². The molecule has 0 radical (unpaired) electrons. The van der Waals surface area contributed by atoms with Gasteiger partial charge in [0.2, 0.25) is 5.91 Å². The average molecular weight is 842 g/mol. The van der Waals surface area contributed by atoms with Crippen LogP contribution in [0, 0.1) is 0 Å². The van der Waals surface area contributed by atoms with Gasteiger partial charge in [0, 0.05) is 6.42 Å². The van der Waals surface area contributed by atoms with Crippen LogP contribution in [0.5, 0.6) is 0 Å². The van der Waals surface area contributed by atoms with Crippen LogP contribution < -0.4 is 5.32 Å². The Kier molecular flexibility index (Phi) is 46.1. The van der Waals surface area contributed by atoms with Gasteiger partial charge in [-0.05, 0) is 64.2 Å². The third-order valence-corrected chi connectivity index (χ3v) is 11.7. The molecule has 0 aliphatic heterocycles. The number of allylic oxidation sites excluding steroid dienone is 8. The Bertz CT molecular complexity index is 1040. The van der Waals surface area contributed by atoms with Crippen molar-refractivity contribution in [3.8, 4) is 0 Å². The van der Waals surface area contributed by atoms with E-state index in [-0.39, 0.29) is 24.9 Å². The number of amides is 1. The van der Waals surface area contributed by atoms with Gasteiger partial charge in [0.25, 0.3) is 0 Å². The van der Waals surface area contributed by atoms with Crippen molar-refractivity contribution in [2.45, 2.75) is 277 Å². The highest BCUT2D eigenvalue weighted by Crippen LogP contribution is 2.17. The zero-order valence-corrected chi connectivity index (χ0v) is 39.8. The number of aliphatic hydroxyl groups excluding tert-OH is 2. The Labute approximate surface area is 372 Å². The third-order valence-electron chi connectivity index (χ3n) is 11.7. The van der Waals surface area contributed by atoms with Crippen LogP contribution in [-0.2, 0) is 14.3 Å². The summed E-state index contributed by atoms with van der Waals surface area (Å²) in [7, 11) is 0. The Balaban J connectivity index is 4.67. The SMILES string of the molecule is CCCCC/C=C\C/C=C\C/C=C\C/C=C\CCCC(CC(=O)NC(CO)C(O)CCCCCCCCCCC)OC(=O)CCCCCCCCCCCCCCCCC. The lowest BCUT2D eigenvalue weighted by atomic mass is 10.0. The lowest BCUT2D eigenvalue weighted by molar-refractivity contribution is -0.151. The van der Waals surface area contributed by atoms with E-state index < -0.39 is 18.2 Å². The summed E-state index contributed by atoms with van der Waals surface area (Å²) in [5.41, 5.74) is 0. The summed E-state index contributed by atoms with van der Waals surface area (Å²) >= 11 is 0. The van der Waals surface area contributed by atoms with Crippen LogP contribution in [0.2, 0.25) is 0 Å². The average Bonchev–Trinajstić information content (AvgIpc) is 3.24. The molecule has 0 saturated heterocycles. The largest absolute Gasteiger partial charge is 0.462 e. The van der Waals surface area contributed by atoms with Gasteiger partial charge in [0.05, 0.1) is 25.2 Å². The van der Waals surface area contributed by atoms with E-state index >= 15 is 0 Å². The van der Waals surface area contributed by atoms with E-state index in [1.54, 1.807) is 0 Å². The number of hydrogen-bond acceptors (Lipinski definition) is 5. The number of aliphatic hydroxyl groups is 2. The molecular weight excluding hydrogens is 743 g/mol. The van der Waals surface area contributed by atoms with Crippen molar-refractivity contribution >= 4 is 11.9 Å². The highest BCUT2D eigenvalue weighted by atomic mass is 16.5. The highest BCUT2D eigenvalue weighted by Gasteiger charge is 2.24. The van der Waals surface area contributed by atoms with Gasteiger partial charge in [0.15, 0.2) is 0 Å². The molecule has 0 fully saturated rings. The van der Waals surface area contributed by atoms with Gasteiger partial charge in [-0.1, -0.05) is 230 Å². The first kappa shape index (κ1) is 57.8. The minimum atomic E-state index is -0.799. The van der Waals surface area contributed by atoms with E-state index in [1.807, 2.05) is 0 Å². The summed E-state index contributed by atoms with van der Waals surface area (Å²) in [4.78, 5) is 26.1. The summed E-state index contributed by atoms with van der Waals surface area (Å²) in [6.07, 6.45) is 57.5. The maximum atomic E-state index is 13.2. The normalized spacial score (nSPS) is 13.6. The number of ether oxygens (including phenoxy) is 1. The fraction of sp³-hybridized carbons (Fsp3) is 0.815. The van der Waals surface area contributed by atoms with Gasteiger partial charge >= 0.3 is 5.97 Å². The van der Waals surface area contributed by atoms with Crippen LogP contribution in [0.3, 0.4) is 0 Å². The second-order valence-corrected chi connectivity index (χ2v) is 17.6. The molecule has 0 aromatic rings. The van der Waals surface area contributed by atoms with E-state index in [9.17, 15) is 19.8 Å². The van der Waals surface area contributed by atoms with Crippen LogP contribution in [0.15, 0.2) is 48.6 Å². The zero-order valence-electron chi connectivity index (χ0n) is 39.8. The van der Waals surface area contributed by atoms with Crippen molar-refractivity contribution in [2.75, 3.05) is 6.61 Å².